The van der Waals surface area contributed by atoms with Crippen LogP contribution in [0.4, 0.5) is 5.82 Å². The predicted octanol–water partition coefficient (Wildman–Crippen LogP) is 0.733. The SMILES string of the molecule is O=C(C1NNC2CCC([N+](=O)[O-])CC21)N1CCCC(CN2CCN(c3ccccn3)CC2)C1. The van der Waals surface area contributed by atoms with Crippen molar-refractivity contribution in [1.82, 2.24) is 25.6 Å². The number of amides is 1. The molecule has 1 aromatic rings. The summed E-state index contributed by atoms with van der Waals surface area (Å²) in [6.45, 7) is 6.58. The summed E-state index contributed by atoms with van der Waals surface area (Å²) in [7, 11) is 0. The number of carbonyl (C=O) groups excluding carboxylic acids is 1. The van der Waals surface area contributed by atoms with E-state index in [1.165, 1.54) is 0 Å². The molecule has 3 saturated heterocycles. The first-order valence-corrected chi connectivity index (χ1v) is 12.4. The third-order valence-electron chi connectivity index (χ3n) is 7.98. The number of fused-ring (bicyclic) bond motifs is 1. The molecule has 180 valence electrons. The number of hydrogen-bond acceptors (Lipinski definition) is 8. The number of nitrogens with one attached hydrogen (secondary N) is 2. The van der Waals surface area contributed by atoms with Gasteiger partial charge in [-0.15, -0.1) is 0 Å². The van der Waals surface area contributed by atoms with E-state index >= 15 is 0 Å². The van der Waals surface area contributed by atoms with Crippen LogP contribution in [-0.4, -0.2) is 89.6 Å². The highest BCUT2D eigenvalue weighted by atomic mass is 16.6. The highest BCUT2D eigenvalue weighted by molar-refractivity contribution is 5.82. The van der Waals surface area contributed by atoms with Crippen LogP contribution in [0.3, 0.4) is 0 Å². The first kappa shape index (κ1) is 22.5. The Hall–Kier alpha value is -2.30. The maximum absolute atomic E-state index is 13.4. The Kier molecular flexibility index (Phi) is 6.75. The summed E-state index contributed by atoms with van der Waals surface area (Å²) in [6, 6.07) is 5.33. The van der Waals surface area contributed by atoms with Gasteiger partial charge in [0.1, 0.15) is 11.9 Å². The second kappa shape index (κ2) is 9.90. The molecule has 0 radical (unpaired) electrons. The van der Waals surface area contributed by atoms with Gasteiger partial charge in [-0.2, -0.15) is 0 Å². The van der Waals surface area contributed by atoms with Crippen LogP contribution in [0.25, 0.3) is 0 Å². The van der Waals surface area contributed by atoms with Crippen molar-refractivity contribution in [2.75, 3.05) is 50.7 Å². The van der Waals surface area contributed by atoms with Crippen LogP contribution in [0.15, 0.2) is 24.4 Å². The topological polar surface area (TPSA) is 107 Å². The summed E-state index contributed by atoms with van der Waals surface area (Å²) >= 11 is 0. The van der Waals surface area contributed by atoms with E-state index in [4.69, 9.17) is 0 Å². The Morgan fingerprint density at radius 3 is 2.73 bits per heavy atom. The van der Waals surface area contributed by atoms with Gasteiger partial charge in [0, 0.05) is 81.7 Å². The number of carbonyl (C=O) groups is 1. The van der Waals surface area contributed by atoms with E-state index in [0.29, 0.717) is 18.8 Å². The van der Waals surface area contributed by atoms with E-state index in [-0.39, 0.29) is 28.8 Å². The average Bonchev–Trinajstić information content (AvgIpc) is 3.28. The summed E-state index contributed by atoms with van der Waals surface area (Å²) in [5.41, 5.74) is 6.43. The smallest absolute Gasteiger partial charge is 0.241 e. The van der Waals surface area contributed by atoms with Crippen LogP contribution < -0.4 is 15.8 Å². The molecule has 1 amide bonds. The Morgan fingerprint density at radius 2 is 1.97 bits per heavy atom. The van der Waals surface area contributed by atoms with Gasteiger partial charge >= 0.3 is 0 Å². The number of piperazine rings is 1. The molecule has 5 rings (SSSR count). The third kappa shape index (κ3) is 4.97. The molecule has 1 saturated carbocycles. The molecule has 1 aliphatic carbocycles. The monoisotopic (exact) mass is 457 g/mol. The van der Waals surface area contributed by atoms with Crippen molar-refractivity contribution in [2.45, 2.75) is 50.2 Å². The standard InChI is InChI=1S/C23H35N7O3/c31-23(22-19-14-18(30(32)33)6-7-20(19)25-26-22)29-9-3-4-17(16-29)15-27-10-12-28(13-11-27)21-5-1-2-8-24-21/h1-2,5,8,17-20,22,25-26H,3-4,6-7,9-16H2. The van der Waals surface area contributed by atoms with Gasteiger partial charge < -0.3 is 9.80 Å². The lowest BCUT2D eigenvalue weighted by Crippen LogP contribution is -2.54. The molecule has 33 heavy (non-hydrogen) atoms. The minimum absolute atomic E-state index is 0.00157. The maximum Gasteiger partial charge on any atom is 0.241 e. The van der Waals surface area contributed by atoms with Gasteiger partial charge in [0.2, 0.25) is 11.9 Å². The number of nitro groups is 1. The first-order chi connectivity index (χ1) is 16.1. The largest absolute Gasteiger partial charge is 0.354 e. The van der Waals surface area contributed by atoms with Gasteiger partial charge in [0.15, 0.2) is 0 Å². The molecule has 0 aromatic carbocycles. The molecule has 2 N–H and O–H groups in total. The highest BCUT2D eigenvalue weighted by Gasteiger charge is 2.48. The van der Waals surface area contributed by atoms with Crippen molar-refractivity contribution in [3.8, 4) is 0 Å². The highest BCUT2D eigenvalue weighted by Crippen LogP contribution is 2.33. The minimum Gasteiger partial charge on any atom is -0.354 e. The summed E-state index contributed by atoms with van der Waals surface area (Å²) in [5, 5.41) is 11.3. The molecule has 1 aromatic heterocycles. The van der Waals surface area contributed by atoms with Gasteiger partial charge in [0.25, 0.3) is 0 Å². The maximum atomic E-state index is 13.4. The van der Waals surface area contributed by atoms with Gasteiger partial charge in [-0.25, -0.2) is 10.4 Å². The van der Waals surface area contributed by atoms with Crippen molar-refractivity contribution in [2.24, 2.45) is 11.8 Å². The second-order valence-electron chi connectivity index (χ2n) is 10.1. The number of likely N-dealkylation sites (tertiary alicyclic amines) is 1. The van der Waals surface area contributed by atoms with Gasteiger partial charge in [0.05, 0.1) is 0 Å². The third-order valence-corrected chi connectivity index (χ3v) is 7.98. The molecule has 10 heteroatoms. The average molecular weight is 458 g/mol. The summed E-state index contributed by atoms with van der Waals surface area (Å²) in [4.78, 5) is 35.9. The van der Waals surface area contributed by atoms with Gasteiger partial charge in [-0.1, -0.05) is 6.07 Å². The van der Waals surface area contributed by atoms with Crippen LogP contribution in [0.1, 0.15) is 32.1 Å². The number of hydrogen-bond donors (Lipinski definition) is 2. The minimum atomic E-state index is -0.526. The molecule has 0 bridgehead atoms. The van der Waals surface area contributed by atoms with E-state index in [2.05, 4.69) is 31.7 Å². The van der Waals surface area contributed by atoms with Crippen LogP contribution in [-0.2, 0) is 4.79 Å². The number of hydrazine groups is 1. The van der Waals surface area contributed by atoms with E-state index in [1.54, 1.807) is 0 Å². The van der Waals surface area contributed by atoms with E-state index < -0.39 is 6.04 Å². The number of anilines is 1. The Bertz CT molecular complexity index is 833. The molecule has 4 aliphatic rings. The lowest BCUT2D eigenvalue weighted by Gasteiger charge is -2.40. The fourth-order valence-corrected chi connectivity index (χ4v) is 6.15. The molecular formula is C23H35N7O3. The van der Waals surface area contributed by atoms with Crippen LogP contribution in [0.5, 0.6) is 0 Å². The second-order valence-corrected chi connectivity index (χ2v) is 10.1. The van der Waals surface area contributed by atoms with Crippen molar-refractivity contribution in [1.29, 1.82) is 0 Å². The molecule has 4 fully saturated rings. The van der Waals surface area contributed by atoms with Gasteiger partial charge in [-0.3, -0.25) is 25.2 Å². The van der Waals surface area contributed by atoms with Crippen molar-refractivity contribution < 1.29 is 9.72 Å². The van der Waals surface area contributed by atoms with E-state index in [9.17, 15) is 14.9 Å². The quantitative estimate of drug-likeness (QED) is 0.492. The van der Waals surface area contributed by atoms with Crippen molar-refractivity contribution in [3.05, 3.63) is 34.5 Å². The lowest BCUT2D eigenvalue weighted by atomic mass is 9.79. The van der Waals surface area contributed by atoms with Gasteiger partial charge in [-0.05, 0) is 37.3 Å². The molecule has 5 atom stereocenters. The molecule has 5 unspecified atom stereocenters. The zero-order valence-corrected chi connectivity index (χ0v) is 19.1. The lowest BCUT2D eigenvalue weighted by molar-refractivity contribution is -0.528. The summed E-state index contributed by atoms with van der Waals surface area (Å²) in [6.07, 6.45) is 5.83. The van der Waals surface area contributed by atoms with Crippen LogP contribution >= 0.6 is 0 Å². The molecule has 0 spiro atoms. The molecular weight excluding hydrogens is 422 g/mol. The fraction of sp³-hybridized carbons (Fsp3) is 0.739. The molecule has 4 heterocycles. The van der Waals surface area contributed by atoms with Crippen LogP contribution in [0.2, 0.25) is 0 Å². The molecule has 3 aliphatic heterocycles. The Morgan fingerprint density at radius 1 is 1.12 bits per heavy atom. The summed E-state index contributed by atoms with van der Waals surface area (Å²) < 4.78 is 0. The summed E-state index contributed by atoms with van der Waals surface area (Å²) in [5.74, 6) is 1.64. The zero-order chi connectivity index (χ0) is 22.8. The van der Waals surface area contributed by atoms with Crippen LogP contribution in [0, 0.1) is 22.0 Å². The van der Waals surface area contributed by atoms with Crippen molar-refractivity contribution >= 4 is 11.7 Å². The normalized spacial score (nSPS) is 33.0. The fourth-order valence-electron chi connectivity index (χ4n) is 6.15. The number of aromatic nitrogens is 1. The number of nitrogens with zero attached hydrogens (tertiary/aromatic N) is 5. The number of pyridine rings is 1. The first-order valence-electron chi connectivity index (χ1n) is 12.4. The Balaban J connectivity index is 1.13. The molecule has 10 nitrogen and oxygen atoms in total. The zero-order valence-electron chi connectivity index (χ0n) is 19.1. The van der Waals surface area contributed by atoms with E-state index in [0.717, 1.165) is 70.9 Å². The Labute approximate surface area is 194 Å². The number of rotatable bonds is 5. The predicted molar refractivity (Wildman–Crippen MR) is 124 cm³/mol. The van der Waals surface area contributed by atoms with E-state index in [1.807, 2.05) is 23.2 Å². The number of piperidine rings is 1. The van der Waals surface area contributed by atoms with Crippen molar-refractivity contribution in [3.63, 3.8) is 0 Å².